The molecule has 0 spiro atoms. The van der Waals surface area contributed by atoms with Crippen molar-refractivity contribution in [2.75, 3.05) is 0 Å². The molecule has 0 aliphatic heterocycles. The van der Waals surface area contributed by atoms with E-state index >= 15 is 0 Å². The van der Waals surface area contributed by atoms with Gasteiger partial charge in [-0.25, -0.2) is 13.1 Å². The first kappa shape index (κ1) is 13.8. The molecule has 0 saturated heterocycles. The zero-order valence-corrected chi connectivity index (χ0v) is 11.8. The van der Waals surface area contributed by atoms with Crippen molar-refractivity contribution in [1.29, 1.82) is 0 Å². The Balaban J connectivity index is 2.05. The normalized spacial score (nSPS) is 11.9. The molecular formula is C11H17N5O2S. The maximum absolute atomic E-state index is 12.0. The lowest BCUT2D eigenvalue weighted by Crippen LogP contribution is -2.23. The molecule has 104 valence electrons. The number of hydrogen-bond donors (Lipinski definition) is 1. The molecule has 19 heavy (non-hydrogen) atoms. The second-order valence-corrected chi connectivity index (χ2v) is 5.79. The molecule has 2 aromatic heterocycles. The van der Waals surface area contributed by atoms with Crippen LogP contribution in [0.5, 0.6) is 0 Å². The Morgan fingerprint density at radius 3 is 2.58 bits per heavy atom. The highest BCUT2D eigenvalue weighted by atomic mass is 32.2. The van der Waals surface area contributed by atoms with Gasteiger partial charge in [-0.1, -0.05) is 0 Å². The summed E-state index contributed by atoms with van der Waals surface area (Å²) in [6.07, 6.45) is 4.67. The fourth-order valence-corrected chi connectivity index (χ4v) is 2.53. The molecule has 0 atom stereocenters. The van der Waals surface area contributed by atoms with Crippen LogP contribution in [0.2, 0.25) is 0 Å². The summed E-state index contributed by atoms with van der Waals surface area (Å²) < 4.78 is 29.9. The number of rotatable bonds is 6. The Hall–Kier alpha value is -1.67. The van der Waals surface area contributed by atoms with Crippen LogP contribution in [0.25, 0.3) is 0 Å². The van der Waals surface area contributed by atoms with Gasteiger partial charge in [-0.3, -0.25) is 9.36 Å². The highest BCUT2D eigenvalue weighted by Gasteiger charge is 2.16. The zero-order chi connectivity index (χ0) is 13.9. The van der Waals surface area contributed by atoms with E-state index in [4.69, 9.17) is 0 Å². The molecular weight excluding hydrogens is 266 g/mol. The van der Waals surface area contributed by atoms with Crippen LogP contribution in [0.15, 0.2) is 29.6 Å². The third-order valence-corrected chi connectivity index (χ3v) is 4.06. The van der Waals surface area contributed by atoms with Crippen molar-refractivity contribution in [3.63, 3.8) is 0 Å². The molecule has 0 aromatic carbocycles. The molecule has 2 aromatic rings. The van der Waals surface area contributed by atoms with Crippen LogP contribution in [-0.4, -0.2) is 28.0 Å². The van der Waals surface area contributed by atoms with Gasteiger partial charge < -0.3 is 0 Å². The van der Waals surface area contributed by atoms with Gasteiger partial charge in [0.2, 0.25) is 10.0 Å². The lowest BCUT2D eigenvalue weighted by Gasteiger charge is -2.02. The number of nitrogens with zero attached hydrogens (tertiary/aromatic N) is 4. The van der Waals surface area contributed by atoms with Gasteiger partial charge in [0, 0.05) is 25.5 Å². The lowest BCUT2D eigenvalue weighted by atomic mass is 10.4. The maximum Gasteiger partial charge on any atom is 0.244 e. The van der Waals surface area contributed by atoms with Gasteiger partial charge in [-0.15, -0.1) is 0 Å². The van der Waals surface area contributed by atoms with Gasteiger partial charge in [0.05, 0.1) is 18.4 Å². The second kappa shape index (κ2) is 5.54. The summed E-state index contributed by atoms with van der Waals surface area (Å²) in [5, 5.41) is 8.17. The molecule has 0 bridgehead atoms. The van der Waals surface area contributed by atoms with E-state index in [-0.39, 0.29) is 11.4 Å². The average Bonchev–Trinajstić information content (AvgIpc) is 3.05. The summed E-state index contributed by atoms with van der Waals surface area (Å²) in [7, 11) is -3.53. The van der Waals surface area contributed by atoms with Crippen molar-refractivity contribution in [1.82, 2.24) is 24.3 Å². The third kappa shape index (κ3) is 3.21. The van der Waals surface area contributed by atoms with Crippen molar-refractivity contribution in [3.05, 3.63) is 30.4 Å². The molecule has 0 saturated carbocycles. The monoisotopic (exact) mass is 283 g/mol. The van der Waals surface area contributed by atoms with Crippen molar-refractivity contribution in [2.24, 2.45) is 0 Å². The van der Waals surface area contributed by atoms with Crippen LogP contribution in [0.4, 0.5) is 0 Å². The Kier molecular flexibility index (Phi) is 4.01. The molecule has 7 nitrogen and oxygen atoms in total. The predicted molar refractivity (Wildman–Crippen MR) is 69.8 cm³/mol. The minimum absolute atomic E-state index is 0.171. The van der Waals surface area contributed by atoms with E-state index in [0.29, 0.717) is 12.2 Å². The summed E-state index contributed by atoms with van der Waals surface area (Å²) in [6.45, 7) is 5.44. The van der Waals surface area contributed by atoms with Crippen LogP contribution < -0.4 is 4.72 Å². The van der Waals surface area contributed by atoms with Crippen molar-refractivity contribution < 1.29 is 8.42 Å². The van der Waals surface area contributed by atoms with E-state index in [2.05, 4.69) is 14.9 Å². The number of aromatic nitrogens is 4. The standard InChI is InChI=1S/C11H17N5O2S/c1-3-15-6-5-10(14-15)7-13-19(17,18)11-8-12-16(4-2)9-11/h5-6,8-9,13H,3-4,7H2,1-2H3. The number of aryl methyl sites for hydroxylation is 2. The molecule has 2 rings (SSSR count). The fraction of sp³-hybridized carbons (Fsp3) is 0.455. The SMILES string of the molecule is CCn1cc(S(=O)(=O)NCc2ccn(CC)n2)cn1. The van der Waals surface area contributed by atoms with Gasteiger partial charge in [0.1, 0.15) is 4.90 Å². The van der Waals surface area contributed by atoms with E-state index in [1.54, 1.807) is 15.4 Å². The molecule has 2 heterocycles. The van der Waals surface area contributed by atoms with E-state index in [1.807, 2.05) is 20.0 Å². The van der Waals surface area contributed by atoms with Gasteiger partial charge in [0.25, 0.3) is 0 Å². The molecule has 0 aliphatic rings. The largest absolute Gasteiger partial charge is 0.273 e. The molecule has 0 fully saturated rings. The number of hydrogen-bond acceptors (Lipinski definition) is 4. The molecule has 0 unspecified atom stereocenters. The van der Waals surface area contributed by atoms with E-state index in [0.717, 1.165) is 6.54 Å². The Morgan fingerprint density at radius 2 is 2.00 bits per heavy atom. The van der Waals surface area contributed by atoms with Crippen LogP contribution in [0.3, 0.4) is 0 Å². The zero-order valence-electron chi connectivity index (χ0n) is 10.9. The first-order valence-electron chi connectivity index (χ1n) is 6.09. The van der Waals surface area contributed by atoms with Crippen molar-refractivity contribution in [2.45, 2.75) is 38.4 Å². The van der Waals surface area contributed by atoms with Crippen molar-refractivity contribution in [3.8, 4) is 0 Å². The summed E-state index contributed by atoms with van der Waals surface area (Å²) in [5.41, 5.74) is 0.688. The quantitative estimate of drug-likeness (QED) is 0.841. The fourth-order valence-electron chi connectivity index (χ4n) is 1.58. The average molecular weight is 283 g/mol. The second-order valence-electron chi connectivity index (χ2n) is 4.02. The first-order valence-corrected chi connectivity index (χ1v) is 7.58. The smallest absolute Gasteiger partial charge is 0.244 e. The maximum atomic E-state index is 12.0. The summed E-state index contributed by atoms with van der Waals surface area (Å²) in [4.78, 5) is 0.171. The Bertz CT molecular complexity index is 644. The van der Waals surface area contributed by atoms with Crippen LogP contribution >= 0.6 is 0 Å². The molecule has 0 radical (unpaired) electrons. The first-order chi connectivity index (χ1) is 9.05. The van der Waals surface area contributed by atoms with Crippen LogP contribution in [-0.2, 0) is 29.7 Å². The minimum atomic E-state index is -3.53. The highest BCUT2D eigenvalue weighted by Crippen LogP contribution is 2.07. The van der Waals surface area contributed by atoms with Gasteiger partial charge in [0.15, 0.2) is 0 Å². The van der Waals surface area contributed by atoms with Gasteiger partial charge in [-0.05, 0) is 19.9 Å². The van der Waals surface area contributed by atoms with Gasteiger partial charge in [-0.2, -0.15) is 10.2 Å². The van der Waals surface area contributed by atoms with E-state index < -0.39 is 10.0 Å². The van der Waals surface area contributed by atoms with Crippen molar-refractivity contribution >= 4 is 10.0 Å². The highest BCUT2D eigenvalue weighted by molar-refractivity contribution is 7.89. The summed E-state index contributed by atoms with van der Waals surface area (Å²) in [6, 6.07) is 1.79. The number of nitrogens with one attached hydrogen (secondary N) is 1. The van der Waals surface area contributed by atoms with E-state index in [9.17, 15) is 8.42 Å². The molecule has 0 aliphatic carbocycles. The molecule has 1 N–H and O–H groups in total. The molecule has 8 heteroatoms. The number of sulfonamides is 1. The topological polar surface area (TPSA) is 81.8 Å². The predicted octanol–water partition coefficient (Wildman–Crippen LogP) is 0.598. The minimum Gasteiger partial charge on any atom is -0.273 e. The van der Waals surface area contributed by atoms with Crippen LogP contribution in [0.1, 0.15) is 19.5 Å². The lowest BCUT2D eigenvalue weighted by molar-refractivity contribution is 0.577. The Labute approximate surface area is 112 Å². The summed E-state index contributed by atoms with van der Waals surface area (Å²) >= 11 is 0. The molecule has 0 amide bonds. The third-order valence-electron chi connectivity index (χ3n) is 2.71. The Morgan fingerprint density at radius 1 is 1.26 bits per heavy atom. The van der Waals surface area contributed by atoms with Gasteiger partial charge >= 0.3 is 0 Å². The van der Waals surface area contributed by atoms with E-state index in [1.165, 1.54) is 12.4 Å². The summed E-state index contributed by atoms with van der Waals surface area (Å²) in [5.74, 6) is 0. The van der Waals surface area contributed by atoms with Crippen LogP contribution in [0, 0.1) is 0 Å².